The summed E-state index contributed by atoms with van der Waals surface area (Å²) < 4.78 is 83.9. The molecule has 22 nitrogen and oxygen atoms in total. The Balaban J connectivity index is 0.000000172. The number of carboxylic acids is 5. The fourth-order valence-corrected chi connectivity index (χ4v) is 8.42. The number of aromatic amines is 2. The van der Waals surface area contributed by atoms with Gasteiger partial charge in [0.25, 0.3) is 11.6 Å². The number of benzene rings is 5. The van der Waals surface area contributed by atoms with Gasteiger partial charge in [-0.25, -0.2) is 84.6 Å². The van der Waals surface area contributed by atoms with Crippen LogP contribution in [0, 0.1) is 34.9 Å². The molecule has 5 aromatic heterocycles. The van der Waals surface area contributed by atoms with Gasteiger partial charge in [0.2, 0.25) is 0 Å². The van der Waals surface area contributed by atoms with Crippen molar-refractivity contribution in [1.82, 2.24) is 59.0 Å². The van der Waals surface area contributed by atoms with Gasteiger partial charge in [0.1, 0.15) is 52.4 Å². The van der Waals surface area contributed by atoms with E-state index < -0.39 is 76.1 Å². The van der Waals surface area contributed by atoms with E-state index in [0.717, 1.165) is 47.1 Å². The lowest BCUT2D eigenvalue weighted by Crippen LogP contribution is -2.05. The number of nitrogens with zero attached hydrogens (tertiary/aromatic N) is 10. The highest BCUT2D eigenvalue weighted by atomic mass is 35.5. The molecule has 0 radical (unpaired) electrons. The van der Waals surface area contributed by atoms with Crippen LogP contribution in [0.2, 0.25) is 15.2 Å². The van der Waals surface area contributed by atoms with Gasteiger partial charge in [-0.2, -0.15) is 0 Å². The van der Waals surface area contributed by atoms with Crippen molar-refractivity contribution in [1.29, 1.82) is 0 Å². The lowest BCUT2D eigenvalue weighted by Gasteiger charge is -2.04. The Hall–Kier alpha value is -10.2. The second-order valence-electron chi connectivity index (χ2n) is 17.3. The molecule has 0 fully saturated rings. The number of aromatic nitrogens is 12. The molecule has 0 unspecified atom stereocenters. The smallest absolute Gasteiger partial charge is 0.375 e. The standard InChI is InChI=1S/2C12H10F2N2O2.C11H8Cl2N2O2.C10H8ClN3O2.C10H7F2N3O2/c1-2-9-10(12(17)18)16-11(15-9)6-3-7(13)5-8(14)4-6;1-2-8-10(12(17)18)16-11(15-8)9-6(13)4-3-5-7(9)14;1-15-8(11(16)17)9(13)14-10(15)6-4-2-3-5-7(6)12;1-14-9(12-8(13-14)10(15)16)6-4-2-3-5-7(6)11;1-15-9(13-8(14-15)10(16)17)7-5(11)3-2-4-6(7)12/h2*3-5H,2H2,1H3,(H,15,16)(H,17,18);2-5H,1H3,(H,16,17);2-5H,1H3,(H,15,16);2-4H,1H3,(H,16,17). The van der Waals surface area contributed by atoms with Gasteiger partial charge in [0, 0.05) is 55.3 Å². The summed E-state index contributed by atoms with van der Waals surface area (Å²) in [5.41, 5.74) is 1.10. The van der Waals surface area contributed by atoms with E-state index in [0.29, 0.717) is 57.1 Å². The Bertz CT molecular complexity index is 4130. The van der Waals surface area contributed by atoms with Crippen LogP contribution in [0.1, 0.15) is 77.9 Å². The van der Waals surface area contributed by atoms with E-state index in [-0.39, 0.29) is 56.7 Å². The second-order valence-corrected chi connectivity index (χ2v) is 18.4. The molecule has 10 rings (SSSR count). The maximum absolute atomic E-state index is 13.5. The van der Waals surface area contributed by atoms with E-state index in [4.69, 9.17) is 60.3 Å². The first kappa shape index (κ1) is 65.0. The molecule has 0 saturated carbocycles. The number of carboxylic acid groups (broad SMARTS) is 5. The monoisotopic (exact) mass is 1250 g/mol. The summed E-state index contributed by atoms with van der Waals surface area (Å²) >= 11 is 17.8. The first-order valence-corrected chi connectivity index (χ1v) is 25.5. The van der Waals surface area contributed by atoms with Gasteiger partial charge in [-0.15, -0.1) is 10.2 Å². The van der Waals surface area contributed by atoms with Crippen molar-refractivity contribution in [2.75, 3.05) is 0 Å². The van der Waals surface area contributed by atoms with Crippen molar-refractivity contribution in [2.24, 2.45) is 21.1 Å². The van der Waals surface area contributed by atoms with E-state index in [1.165, 1.54) is 28.4 Å². The number of carbonyl (C=O) groups is 5. The predicted molar refractivity (Wildman–Crippen MR) is 298 cm³/mol. The molecule has 0 aliphatic rings. The summed E-state index contributed by atoms with van der Waals surface area (Å²) in [6.07, 6.45) is 0.817. The molecule has 5 aromatic carbocycles. The molecule has 0 atom stereocenters. The molecule has 0 bridgehead atoms. The zero-order valence-electron chi connectivity index (χ0n) is 44.9. The maximum Gasteiger partial charge on any atom is 0.375 e. The quantitative estimate of drug-likeness (QED) is 0.0559. The van der Waals surface area contributed by atoms with Gasteiger partial charge < -0.3 is 40.1 Å². The molecule has 0 spiro atoms. The van der Waals surface area contributed by atoms with Gasteiger partial charge in [0.15, 0.2) is 33.9 Å². The Kier molecular flexibility index (Phi) is 21.4. The first-order valence-electron chi connectivity index (χ1n) is 24.4. The van der Waals surface area contributed by atoms with Crippen molar-refractivity contribution >= 4 is 64.6 Å². The van der Waals surface area contributed by atoms with Crippen molar-refractivity contribution < 1.29 is 75.8 Å². The normalized spacial score (nSPS) is 10.5. The number of imidazole rings is 3. The number of hydrogen-bond acceptors (Lipinski definition) is 12. The number of rotatable bonds is 12. The Morgan fingerprint density at radius 1 is 0.477 bits per heavy atom. The number of halogens is 9. The predicted octanol–water partition coefficient (Wildman–Crippen LogP) is 11.6. The van der Waals surface area contributed by atoms with Gasteiger partial charge >= 0.3 is 29.8 Å². The third kappa shape index (κ3) is 15.3. The van der Waals surface area contributed by atoms with Crippen molar-refractivity contribution in [3.8, 4) is 56.9 Å². The van der Waals surface area contributed by atoms with Crippen LogP contribution < -0.4 is 0 Å². The summed E-state index contributed by atoms with van der Waals surface area (Å²) in [5.74, 6) is -10.8. The lowest BCUT2D eigenvalue weighted by molar-refractivity contribution is 0.0673. The highest BCUT2D eigenvalue weighted by Gasteiger charge is 2.24. The van der Waals surface area contributed by atoms with Gasteiger partial charge in [-0.05, 0) is 73.5 Å². The van der Waals surface area contributed by atoms with Crippen LogP contribution in [0.3, 0.4) is 0 Å². The van der Waals surface area contributed by atoms with E-state index in [1.54, 1.807) is 76.5 Å². The topological polar surface area (TPSA) is 323 Å². The van der Waals surface area contributed by atoms with E-state index >= 15 is 0 Å². The van der Waals surface area contributed by atoms with Crippen LogP contribution in [-0.2, 0) is 34.0 Å². The van der Waals surface area contributed by atoms with Crippen LogP contribution in [0.15, 0.2) is 103 Å². The Morgan fingerprint density at radius 3 is 1.28 bits per heavy atom. The molecule has 31 heteroatoms. The van der Waals surface area contributed by atoms with E-state index in [1.807, 2.05) is 0 Å². The molecular formula is C55H43Cl3F6N12O10. The van der Waals surface area contributed by atoms with Crippen molar-refractivity contribution in [3.05, 3.63) is 193 Å². The molecule has 0 saturated heterocycles. The zero-order valence-corrected chi connectivity index (χ0v) is 47.1. The molecule has 7 N–H and O–H groups in total. The largest absolute Gasteiger partial charge is 0.476 e. The van der Waals surface area contributed by atoms with Crippen LogP contribution in [-0.4, -0.2) is 114 Å². The van der Waals surface area contributed by atoms with Crippen molar-refractivity contribution in [3.63, 3.8) is 0 Å². The summed E-state index contributed by atoms with van der Waals surface area (Å²) in [4.78, 5) is 78.7. The lowest BCUT2D eigenvalue weighted by atomic mass is 10.2. The molecule has 86 heavy (non-hydrogen) atoms. The number of aryl methyl sites for hydroxylation is 4. The number of aromatic carboxylic acids is 5. The number of H-pyrrole nitrogens is 2. The summed E-state index contributed by atoms with van der Waals surface area (Å²) in [6, 6.07) is 23.8. The number of hydrogen-bond donors (Lipinski definition) is 7. The minimum absolute atomic E-state index is 0.0464. The van der Waals surface area contributed by atoms with Crippen LogP contribution >= 0.6 is 34.8 Å². The van der Waals surface area contributed by atoms with Gasteiger partial charge in [-0.1, -0.05) is 85.0 Å². The van der Waals surface area contributed by atoms with Gasteiger partial charge in [0.05, 0.1) is 21.2 Å². The molecule has 5 heterocycles. The third-order valence-electron chi connectivity index (χ3n) is 11.6. The fourth-order valence-electron chi connectivity index (χ4n) is 7.69. The molecule has 0 amide bonds. The fraction of sp³-hybridized carbons (Fsp3) is 0.127. The SMILES string of the molecule is CCc1[nH]c(-c2c(F)cccc2F)nc1C(=O)O.CCc1[nH]c(-c2cc(F)cc(F)c2)nc1C(=O)O.Cn1c(-c2ccccc2Cl)nc(Cl)c1C(=O)O.Cn1nc(C(=O)O)nc1-c1c(F)cccc1F.Cn1nc(C(=O)O)nc1-c1ccccc1Cl. The highest BCUT2D eigenvalue weighted by Crippen LogP contribution is 2.31. The van der Waals surface area contributed by atoms with Crippen LogP contribution in [0.5, 0.6) is 0 Å². The molecule has 0 aliphatic heterocycles. The van der Waals surface area contributed by atoms with E-state index in [9.17, 15) is 50.3 Å². The third-order valence-corrected chi connectivity index (χ3v) is 12.5. The average Bonchev–Trinajstić information content (AvgIpc) is 4.31. The van der Waals surface area contributed by atoms with E-state index in [2.05, 4.69) is 45.1 Å². The van der Waals surface area contributed by atoms with Crippen LogP contribution in [0.4, 0.5) is 26.3 Å². The minimum Gasteiger partial charge on any atom is -0.476 e. The molecule has 0 aliphatic carbocycles. The van der Waals surface area contributed by atoms with Gasteiger partial charge in [-0.3, -0.25) is 0 Å². The summed E-state index contributed by atoms with van der Waals surface area (Å²) in [6.45, 7) is 3.48. The van der Waals surface area contributed by atoms with Crippen molar-refractivity contribution in [2.45, 2.75) is 26.7 Å². The molecular weight excluding hydrogens is 1210 g/mol. The molecule has 446 valence electrons. The first-order chi connectivity index (χ1) is 40.7. The maximum atomic E-state index is 13.5. The zero-order chi connectivity index (χ0) is 63.4. The highest BCUT2D eigenvalue weighted by molar-refractivity contribution is 6.34. The average molecular weight is 1250 g/mol. The number of nitrogens with one attached hydrogen (secondary N) is 2. The second kappa shape index (κ2) is 28.4. The summed E-state index contributed by atoms with van der Waals surface area (Å²) in [5, 5.41) is 52.6. The molecule has 10 aromatic rings. The van der Waals surface area contributed by atoms with Crippen LogP contribution in [0.25, 0.3) is 56.9 Å². The Morgan fingerprint density at radius 2 is 0.884 bits per heavy atom. The Labute approximate surface area is 495 Å². The summed E-state index contributed by atoms with van der Waals surface area (Å²) in [7, 11) is 4.57. The minimum atomic E-state index is -1.36.